The van der Waals surface area contributed by atoms with E-state index in [0.29, 0.717) is 35.5 Å². The van der Waals surface area contributed by atoms with Crippen molar-refractivity contribution in [1.82, 2.24) is 4.90 Å². The van der Waals surface area contributed by atoms with Gasteiger partial charge < -0.3 is 15.0 Å². The lowest BCUT2D eigenvalue weighted by Gasteiger charge is -2.16. The molecule has 0 radical (unpaired) electrons. The number of ether oxygens (including phenoxy) is 1. The third-order valence-corrected chi connectivity index (χ3v) is 4.37. The van der Waals surface area contributed by atoms with Crippen LogP contribution in [-0.4, -0.2) is 35.4 Å². The molecule has 3 rings (SSSR count). The third kappa shape index (κ3) is 3.78. The number of hydrogen-bond acceptors (Lipinski definition) is 3. The summed E-state index contributed by atoms with van der Waals surface area (Å²) in [6, 6.07) is 5.54. The van der Waals surface area contributed by atoms with Crippen molar-refractivity contribution < 1.29 is 14.3 Å². The maximum absolute atomic E-state index is 12.4. The van der Waals surface area contributed by atoms with E-state index in [2.05, 4.69) is 5.32 Å². The van der Waals surface area contributed by atoms with Gasteiger partial charge in [0, 0.05) is 24.7 Å². The van der Waals surface area contributed by atoms with Gasteiger partial charge in [0.15, 0.2) is 0 Å². The summed E-state index contributed by atoms with van der Waals surface area (Å²) in [5.41, 5.74) is 0.619. The van der Waals surface area contributed by atoms with E-state index >= 15 is 0 Å². The zero-order valence-electron chi connectivity index (χ0n) is 13.3. The quantitative estimate of drug-likeness (QED) is 0.899. The summed E-state index contributed by atoms with van der Waals surface area (Å²) in [5, 5.41) is 3.30. The van der Waals surface area contributed by atoms with Crippen LogP contribution in [0.15, 0.2) is 18.2 Å². The molecule has 1 N–H and O–H groups in total. The number of nitrogens with zero attached hydrogens (tertiary/aromatic N) is 1. The number of amides is 2. The smallest absolute Gasteiger partial charge is 0.229 e. The van der Waals surface area contributed by atoms with Crippen LogP contribution in [0.4, 0.5) is 5.69 Å². The Bertz CT molecular complexity index is 628. The molecule has 124 valence electrons. The Balaban J connectivity index is 1.61. The first-order valence-electron chi connectivity index (χ1n) is 8.00. The van der Waals surface area contributed by atoms with Gasteiger partial charge in [0.2, 0.25) is 11.8 Å². The van der Waals surface area contributed by atoms with Crippen LogP contribution in [0.25, 0.3) is 0 Å². The van der Waals surface area contributed by atoms with Crippen LogP contribution in [0.3, 0.4) is 0 Å². The molecule has 1 saturated heterocycles. The van der Waals surface area contributed by atoms with Crippen LogP contribution >= 0.6 is 11.6 Å². The summed E-state index contributed by atoms with van der Waals surface area (Å²) in [7, 11) is 0. The van der Waals surface area contributed by atoms with Gasteiger partial charge in [-0.1, -0.05) is 11.6 Å². The predicted octanol–water partition coefficient (Wildman–Crippen LogP) is 3.08. The molecule has 1 heterocycles. The summed E-state index contributed by atoms with van der Waals surface area (Å²) in [5.74, 6) is 0.269. The van der Waals surface area contributed by atoms with E-state index in [1.54, 1.807) is 18.2 Å². The highest BCUT2D eigenvalue weighted by atomic mass is 35.5. The highest BCUT2D eigenvalue weighted by Crippen LogP contribution is 2.33. The normalized spacial score (nSPS) is 21.0. The second-order valence-corrected chi connectivity index (χ2v) is 6.89. The number of nitrogens with one attached hydrogen (secondary N) is 1. The molecule has 1 saturated carbocycles. The first-order valence-corrected chi connectivity index (χ1v) is 8.38. The van der Waals surface area contributed by atoms with Crippen molar-refractivity contribution in [2.75, 3.05) is 11.9 Å². The molecule has 1 aliphatic carbocycles. The number of carbonyl (C=O) groups excluding carboxylic acids is 2. The van der Waals surface area contributed by atoms with E-state index in [-0.39, 0.29) is 23.8 Å². The summed E-state index contributed by atoms with van der Waals surface area (Å²) < 4.78 is 5.57. The average Bonchev–Trinajstić information content (AvgIpc) is 3.24. The van der Waals surface area contributed by atoms with Crippen LogP contribution in [-0.2, 0) is 9.59 Å². The van der Waals surface area contributed by atoms with Crippen LogP contribution in [0.5, 0.6) is 5.75 Å². The SMILES string of the molecule is CC(C)Oc1ccc(NC(=O)C2CC(=O)N(C3CC3)C2)cc1Cl. The van der Waals surface area contributed by atoms with Gasteiger partial charge in [0.1, 0.15) is 5.75 Å². The van der Waals surface area contributed by atoms with Gasteiger partial charge in [-0.15, -0.1) is 0 Å². The summed E-state index contributed by atoms with van der Waals surface area (Å²) in [6.45, 7) is 4.38. The molecule has 5 nitrogen and oxygen atoms in total. The number of rotatable bonds is 5. The molecule has 1 unspecified atom stereocenters. The van der Waals surface area contributed by atoms with E-state index in [0.717, 1.165) is 12.8 Å². The molecule has 2 amide bonds. The molecule has 0 bridgehead atoms. The molecule has 6 heteroatoms. The molecule has 0 aromatic heterocycles. The van der Waals surface area contributed by atoms with Crippen molar-refractivity contribution in [3.63, 3.8) is 0 Å². The standard InChI is InChI=1S/C17H21ClN2O3/c1-10(2)23-15-6-3-12(8-14(15)18)19-17(22)11-7-16(21)20(9-11)13-4-5-13/h3,6,8,10-11,13H,4-5,7,9H2,1-2H3,(H,19,22). The van der Waals surface area contributed by atoms with Gasteiger partial charge in [-0.05, 0) is 44.9 Å². The lowest BCUT2D eigenvalue weighted by atomic mass is 10.1. The Labute approximate surface area is 140 Å². The summed E-state index contributed by atoms with van der Waals surface area (Å²) in [4.78, 5) is 26.1. The molecule has 2 fully saturated rings. The van der Waals surface area contributed by atoms with Gasteiger partial charge in [0.25, 0.3) is 0 Å². The van der Waals surface area contributed by atoms with Crippen molar-refractivity contribution in [3.8, 4) is 5.75 Å². The van der Waals surface area contributed by atoms with E-state index in [4.69, 9.17) is 16.3 Å². The second kappa shape index (κ2) is 6.40. The minimum atomic E-state index is -0.284. The molecule has 1 aliphatic heterocycles. The van der Waals surface area contributed by atoms with Gasteiger partial charge in [-0.25, -0.2) is 0 Å². The highest BCUT2D eigenvalue weighted by molar-refractivity contribution is 6.32. The highest BCUT2D eigenvalue weighted by Gasteiger charge is 2.41. The van der Waals surface area contributed by atoms with E-state index in [9.17, 15) is 9.59 Å². The topological polar surface area (TPSA) is 58.6 Å². The van der Waals surface area contributed by atoms with Gasteiger partial charge >= 0.3 is 0 Å². The number of benzene rings is 1. The van der Waals surface area contributed by atoms with Gasteiger partial charge in [-0.2, -0.15) is 0 Å². The Hall–Kier alpha value is -1.75. The molecule has 2 aliphatic rings. The van der Waals surface area contributed by atoms with Crippen LogP contribution in [0.1, 0.15) is 33.1 Å². The van der Waals surface area contributed by atoms with Crippen molar-refractivity contribution in [2.45, 2.75) is 45.3 Å². The molecule has 1 aromatic rings. The molecular formula is C17H21ClN2O3. The Morgan fingerprint density at radius 2 is 2.13 bits per heavy atom. The number of anilines is 1. The number of likely N-dealkylation sites (tertiary alicyclic amines) is 1. The Morgan fingerprint density at radius 1 is 1.39 bits per heavy atom. The Kier molecular flexibility index (Phi) is 4.48. The first-order chi connectivity index (χ1) is 10.9. The molecule has 1 atom stereocenters. The zero-order valence-corrected chi connectivity index (χ0v) is 14.1. The molecule has 1 aromatic carbocycles. The number of halogens is 1. The van der Waals surface area contributed by atoms with E-state index < -0.39 is 0 Å². The van der Waals surface area contributed by atoms with E-state index in [1.165, 1.54) is 0 Å². The average molecular weight is 337 g/mol. The largest absolute Gasteiger partial charge is 0.489 e. The number of hydrogen-bond donors (Lipinski definition) is 1. The van der Waals surface area contributed by atoms with Gasteiger partial charge in [-0.3, -0.25) is 9.59 Å². The van der Waals surface area contributed by atoms with Crippen molar-refractivity contribution in [2.24, 2.45) is 5.92 Å². The van der Waals surface area contributed by atoms with Crippen LogP contribution < -0.4 is 10.1 Å². The fourth-order valence-corrected chi connectivity index (χ4v) is 3.04. The maximum atomic E-state index is 12.4. The third-order valence-electron chi connectivity index (χ3n) is 4.08. The van der Waals surface area contributed by atoms with Crippen LogP contribution in [0.2, 0.25) is 5.02 Å². The minimum absolute atomic E-state index is 0.0332. The van der Waals surface area contributed by atoms with Crippen molar-refractivity contribution in [3.05, 3.63) is 23.2 Å². The summed E-state index contributed by atoms with van der Waals surface area (Å²) >= 11 is 6.17. The first kappa shape index (κ1) is 16.1. The van der Waals surface area contributed by atoms with Crippen molar-refractivity contribution in [1.29, 1.82) is 0 Å². The summed E-state index contributed by atoms with van der Waals surface area (Å²) in [6.07, 6.45) is 2.45. The fourth-order valence-electron chi connectivity index (χ4n) is 2.82. The lowest BCUT2D eigenvalue weighted by Crippen LogP contribution is -2.29. The fraction of sp³-hybridized carbons (Fsp3) is 0.529. The predicted molar refractivity (Wildman–Crippen MR) is 88.7 cm³/mol. The monoisotopic (exact) mass is 336 g/mol. The Morgan fingerprint density at radius 3 is 2.74 bits per heavy atom. The van der Waals surface area contributed by atoms with Gasteiger partial charge in [0.05, 0.1) is 17.0 Å². The lowest BCUT2D eigenvalue weighted by molar-refractivity contribution is -0.128. The molecule has 23 heavy (non-hydrogen) atoms. The zero-order chi connectivity index (χ0) is 16.6. The molecule has 0 spiro atoms. The van der Waals surface area contributed by atoms with Crippen molar-refractivity contribution >= 4 is 29.1 Å². The van der Waals surface area contributed by atoms with Crippen LogP contribution in [0, 0.1) is 5.92 Å². The minimum Gasteiger partial charge on any atom is -0.489 e. The van der Waals surface area contributed by atoms with E-state index in [1.807, 2.05) is 18.7 Å². The number of carbonyl (C=O) groups is 2. The maximum Gasteiger partial charge on any atom is 0.229 e. The second-order valence-electron chi connectivity index (χ2n) is 6.48. The molecular weight excluding hydrogens is 316 g/mol.